The Balaban J connectivity index is 2.08. The lowest BCUT2D eigenvalue weighted by molar-refractivity contribution is 0.0929. The topological polar surface area (TPSA) is 70.7 Å². The first-order chi connectivity index (χ1) is 9.11. The predicted octanol–water partition coefficient (Wildman–Crippen LogP) is 2.17. The van der Waals surface area contributed by atoms with Crippen LogP contribution in [-0.4, -0.2) is 21.1 Å². The number of benzene rings is 1. The summed E-state index contributed by atoms with van der Waals surface area (Å²) >= 11 is 0. The Morgan fingerprint density at radius 3 is 2.79 bits per heavy atom. The first-order valence-electron chi connectivity index (χ1n) is 6.39. The number of nitrogens with zero attached hydrogens (tertiary/aromatic N) is 2. The molecule has 5 nitrogen and oxygen atoms in total. The van der Waals surface area contributed by atoms with Gasteiger partial charge in [0.2, 0.25) is 5.82 Å². The van der Waals surface area contributed by atoms with E-state index in [1.54, 1.807) is 0 Å². The van der Waals surface area contributed by atoms with Crippen molar-refractivity contribution in [2.45, 2.75) is 33.2 Å². The van der Waals surface area contributed by atoms with Gasteiger partial charge in [-0.15, -0.1) is 5.10 Å². The van der Waals surface area contributed by atoms with Gasteiger partial charge >= 0.3 is 0 Å². The van der Waals surface area contributed by atoms with E-state index in [-0.39, 0.29) is 17.8 Å². The van der Waals surface area contributed by atoms with E-state index in [9.17, 15) is 4.79 Å². The Labute approximate surface area is 112 Å². The molecule has 0 aliphatic carbocycles. The minimum atomic E-state index is -0.258. The SMILES string of the molecule is CCc1nc(C(=O)NC(C)c2ccccc2C)n[nH]1. The van der Waals surface area contributed by atoms with Crippen molar-refractivity contribution in [2.24, 2.45) is 0 Å². The average Bonchev–Trinajstić information content (AvgIpc) is 2.88. The normalized spacial score (nSPS) is 12.2. The highest BCUT2D eigenvalue weighted by atomic mass is 16.2. The van der Waals surface area contributed by atoms with E-state index < -0.39 is 0 Å². The zero-order valence-corrected chi connectivity index (χ0v) is 11.4. The molecule has 2 aromatic rings. The summed E-state index contributed by atoms with van der Waals surface area (Å²) in [5, 5.41) is 9.55. The molecule has 1 atom stereocenters. The fourth-order valence-corrected chi connectivity index (χ4v) is 1.97. The highest BCUT2D eigenvalue weighted by Gasteiger charge is 2.16. The highest BCUT2D eigenvalue weighted by molar-refractivity contribution is 5.90. The summed E-state index contributed by atoms with van der Waals surface area (Å²) < 4.78 is 0. The van der Waals surface area contributed by atoms with Gasteiger partial charge in [-0.05, 0) is 25.0 Å². The monoisotopic (exact) mass is 258 g/mol. The van der Waals surface area contributed by atoms with Gasteiger partial charge in [-0.25, -0.2) is 4.98 Å². The van der Waals surface area contributed by atoms with Crippen molar-refractivity contribution in [3.63, 3.8) is 0 Å². The maximum Gasteiger partial charge on any atom is 0.291 e. The van der Waals surface area contributed by atoms with Crippen LogP contribution in [0.15, 0.2) is 24.3 Å². The molecule has 1 amide bonds. The number of hydrogen-bond acceptors (Lipinski definition) is 3. The summed E-state index contributed by atoms with van der Waals surface area (Å²) in [6.45, 7) is 5.94. The van der Waals surface area contributed by atoms with Crippen molar-refractivity contribution in [1.29, 1.82) is 0 Å². The van der Waals surface area contributed by atoms with Crippen molar-refractivity contribution < 1.29 is 4.79 Å². The van der Waals surface area contributed by atoms with Crippen molar-refractivity contribution in [3.8, 4) is 0 Å². The Morgan fingerprint density at radius 1 is 1.42 bits per heavy atom. The molecular formula is C14H18N4O. The molecule has 0 spiro atoms. The van der Waals surface area contributed by atoms with E-state index in [0.717, 1.165) is 17.5 Å². The minimum Gasteiger partial charge on any atom is -0.343 e. The standard InChI is InChI=1S/C14H18N4O/c1-4-12-16-13(18-17-12)14(19)15-10(3)11-8-6-5-7-9(11)2/h5-8,10H,4H2,1-3H3,(H,15,19)(H,16,17,18). The molecule has 1 unspecified atom stereocenters. The van der Waals surface area contributed by atoms with Crippen LogP contribution in [0, 0.1) is 6.92 Å². The number of rotatable bonds is 4. The van der Waals surface area contributed by atoms with Crippen LogP contribution in [0.3, 0.4) is 0 Å². The minimum absolute atomic E-state index is 0.0720. The summed E-state index contributed by atoms with van der Waals surface area (Å²) in [6, 6.07) is 7.91. The maximum absolute atomic E-state index is 12.0. The van der Waals surface area contributed by atoms with E-state index in [0.29, 0.717) is 5.82 Å². The third-order valence-electron chi connectivity index (χ3n) is 3.07. The maximum atomic E-state index is 12.0. The zero-order chi connectivity index (χ0) is 13.8. The molecule has 0 saturated heterocycles. The van der Waals surface area contributed by atoms with E-state index in [2.05, 4.69) is 20.5 Å². The second-order valence-corrected chi connectivity index (χ2v) is 4.51. The molecule has 100 valence electrons. The van der Waals surface area contributed by atoms with Crippen LogP contribution in [0.4, 0.5) is 0 Å². The van der Waals surface area contributed by atoms with Crippen LogP contribution in [0.2, 0.25) is 0 Å². The van der Waals surface area contributed by atoms with Gasteiger partial charge in [0, 0.05) is 6.42 Å². The van der Waals surface area contributed by atoms with Crippen LogP contribution in [0.5, 0.6) is 0 Å². The average molecular weight is 258 g/mol. The molecule has 0 radical (unpaired) electrons. The smallest absolute Gasteiger partial charge is 0.291 e. The molecule has 0 bridgehead atoms. The molecule has 0 aliphatic rings. The lowest BCUT2D eigenvalue weighted by Gasteiger charge is -2.15. The number of aromatic amines is 1. The third-order valence-corrected chi connectivity index (χ3v) is 3.07. The van der Waals surface area contributed by atoms with Crippen molar-refractivity contribution in [1.82, 2.24) is 20.5 Å². The summed E-state index contributed by atoms with van der Waals surface area (Å²) in [5.74, 6) is 0.651. The number of carbonyl (C=O) groups excluding carboxylic acids is 1. The second kappa shape index (κ2) is 5.65. The highest BCUT2D eigenvalue weighted by Crippen LogP contribution is 2.16. The van der Waals surface area contributed by atoms with Crippen LogP contribution in [0.25, 0.3) is 0 Å². The Hall–Kier alpha value is -2.17. The van der Waals surface area contributed by atoms with Crippen LogP contribution in [-0.2, 0) is 6.42 Å². The van der Waals surface area contributed by atoms with Crippen molar-refractivity contribution in [2.75, 3.05) is 0 Å². The van der Waals surface area contributed by atoms with Gasteiger partial charge in [0.05, 0.1) is 6.04 Å². The molecule has 1 aromatic heterocycles. The van der Waals surface area contributed by atoms with Crippen LogP contribution < -0.4 is 5.32 Å². The molecule has 1 aromatic carbocycles. The van der Waals surface area contributed by atoms with Gasteiger partial charge in [-0.2, -0.15) is 0 Å². The lowest BCUT2D eigenvalue weighted by atomic mass is 10.0. The number of nitrogens with one attached hydrogen (secondary N) is 2. The summed E-state index contributed by atoms with van der Waals surface area (Å²) in [5.41, 5.74) is 2.25. The quantitative estimate of drug-likeness (QED) is 0.883. The number of amides is 1. The van der Waals surface area contributed by atoms with Gasteiger partial charge in [-0.3, -0.25) is 9.89 Å². The number of carbonyl (C=O) groups is 1. The molecular weight excluding hydrogens is 240 g/mol. The van der Waals surface area contributed by atoms with Gasteiger partial charge in [-0.1, -0.05) is 31.2 Å². The van der Waals surface area contributed by atoms with Gasteiger partial charge in [0.25, 0.3) is 5.91 Å². The second-order valence-electron chi connectivity index (χ2n) is 4.51. The predicted molar refractivity (Wildman–Crippen MR) is 72.8 cm³/mol. The van der Waals surface area contributed by atoms with E-state index >= 15 is 0 Å². The van der Waals surface area contributed by atoms with Crippen LogP contribution in [0.1, 0.15) is 47.5 Å². The number of hydrogen-bond donors (Lipinski definition) is 2. The van der Waals surface area contributed by atoms with E-state index in [1.807, 2.05) is 45.0 Å². The zero-order valence-electron chi connectivity index (χ0n) is 11.4. The molecule has 1 heterocycles. The van der Waals surface area contributed by atoms with Gasteiger partial charge < -0.3 is 5.32 Å². The Morgan fingerprint density at radius 2 is 2.16 bits per heavy atom. The Kier molecular flexibility index (Phi) is 3.94. The van der Waals surface area contributed by atoms with E-state index in [4.69, 9.17) is 0 Å². The fraction of sp³-hybridized carbons (Fsp3) is 0.357. The Bertz CT molecular complexity index is 576. The number of H-pyrrole nitrogens is 1. The number of aryl methyl sites for hydroxylation is 2. The van der Waals surface area contributed by atoms with Gasteiger partial charge in [0.1, 0.15) is 5.82 Å². The lowest BCUT2D eigenvalue weighted by Crippen LogP contribution is -2.28. The van der Waals surface area contributed by atoms with E-state index in [1.165, 1.54) is 0 Å². The molecule has 2 rings (SSSR count). The summed E-state index contributed by atoms with van der Waals surface area (Å²) in [4.78, 5) is 16.1. The van der Waals surface area contributed by atoms with Crippen molar-refractivity contribution >= 4 is 5.91 Å². The van der Waals surface area contributed by atoms with Crippen LogP contribution >= 0.6 is 0 Å². The molecule has 0 saturated carbocycles. The molecule has 19 heavy (non-hydrogen) atoms. The molecule has 2 N–H and O–H groups in total. The molecule has 0 aliphatic heterocycles. The first kappa shape index (κ1) is 13.3. The summed E-state index contributed by atoms with van der Waals surface area (Å²) in [7, 11) is 0. The summed E-state index contributed by atoms with van der Waals surface area (Å²) in [6.07, 6.45) is 0.730. The van der Waals surface area contributed by atoms with Crippen molar-refractivity contribution in [3.05, 3.63) is 47.0 Å². The first-order valence-corrected chi connectivity index (χ1v) is 6.39. The molecule has 0 fully saturated rings. The largest absolute Gasteiger partial charge is 0.343 e. The third kappa shape index (κ3) is 2.99. The fourth-order valence-electron chi connectivity index (χ4n) is 1.97. The number of aromatic nitrogens is 3. The molecule has 5 heteroatoms. The van der Waals surface area contributed by atoms with Gasteiger partial charge in [0.15, 0.2) is 0 Å².